The number of aliphatic hydroxyl groups is 3. The van der Waals surface area contributed by atoms with Gasteiger partial charge < -0.3 is 29.5 Å². The van der Waals surface area contributed by atoms with Gasteiger partial charge in [0.15, 0.2) is 0 Å². The smallest absolute Gasteiger partial charge is 0.269 e. The molecule has 120 valence electrons. The van der Waals surface area contributed by atoms with Crippen molar-refractivity contribution in [3.05, 3.63) is 34.4 Å². The standard InChI is InChI=1S/C13H15NO8/c15-5-13-6-20-10(9(16)11(13)17)12(22-13)21-8-3-1-7(2-4-8)14(18)19/h1-4,9-12,15-17H,5-6H2/t9-,10-,11+,12+,13+/m1/s1. The molecular formula is C13H15NO8. The second kappa shape index (κ2) is 5.45. The van der Waals surface area contributed by atoms with Crippen molar-refractivity contribution in [3.8, 4) is 5.75 Å². The fraction of sp³-hybridized carbons (Fsp3) is 0.538. The summed E-state index contributed by atoms with van der Waals surface area (Å²) in [7, 11) is 0. The molecule has 3 aliphatic rings. The van der Waals surface area contributed by atoms with Crippen LogP contribution in [-0.4, -0.2) is 63.7 Å². The van der Waals surface area contributed by atoms with Crippen LogP contribution in [0.2, 0.25) is 0 Å². The van der Waals surface area contributed by atoms with Crippen LogP contribution in [0.1, 0.15) is 0 Å². The lowest BCUT2D eigenvalue weighted by molar-refractivity contribution is -0.385. The van der Waals surface area contributed by atoms with E-state index in [2.05, 4.69) is 0 Å². The lowest BCUT2D eigenvalue weighted by Gasteiger charge is -2.53. The van der Waals surface area contributed by atoms with Gasteiger partial charge in [0.25, 0.3) is 5.69 Å². The molecule has 3 saturated heterocycles. The molecule has 3 N–H and O–H groups in total. The van der Waals surface area contributed by atoms with E-state index >= 15 is 0 Å². The van der Waals surface area contributed by atoms with Gasteiger partial charge in [-0.1, -0.05) is 0 Å². The molecule has 9 heteroatoms. The summed E-state index contributed by atoms with van der Waals surface area (Å²) in [5.41, 5.74) is -1.53. The van der Waals surface area contributed by atoms with Crippen LogP contribution >= 0.6 is 0 Å². The average molecular weight is 313 g/mol. The van der Waals surface area contributed by atoms with Crippen molar-refractivity contribution >= 4 is 5.69 Å². The summed E-state index contributed by atoms with van der Waals surface area (Å²) in [6.45, 7) is -0.607. The van der Waals surface area contributed by atoms with Gasteiger partial charge in [-0.2, -0.15) is 0 Å². The topological polar surface area (TPSA) is 132 Å². The van der Waals surface area contributed by atoms with Crippen LogP contribution in [0.25, 0.3) is 0 Å². The predicted octanol–water partition coefficient (Wildman–Crippen LogP) is -0.818. The van der Waals surface area contributed by atoms with Crippen molar-refractivity contribution in [2.24, 2.45) is 0 Å². The van der Waals surface area contributed by atoms with E-state index in [4.69, 9.17) is 14.2 Å². The molecule has 0 unspecified atom stereocenters. The van der Waals surface area contributed by atoms with Gasteiger partial charge in [0, 0.05) is 12.1 Å². The lowest BCUT2D eigenvalue weighted by Crippen LogP contribution is -2.74. The summed E-state index contributed by atoms with van der Waals surface area (Å²) in [6.07, 6.45) is -4.51. The number of hydrogen-bond donors (Lipinski definition) is 3. The van der Waals surface area contributed by atoms with Crippen molar-refractivity contribution in [3.63, 3.8) is 0 Å². The van der Waals surface area contributed by atoms with Gasteiger partial charge in [-0.05, 0) is 12.1 Å². The van der Waals surface area contributed by atoms with E-state index in [-0.39, 0.29) is 18.0 Å². The van der Waals surface area contributed by atoms with Gasteiger partial charge in [0.05, 0.1) is 18.1 Å². The number of ether oxygens (including phenoxy) is 3. The molecular weight excluding hydrogens is 298 g/mol. The van der Waals surface area contributed by atoms with Crippen molar-refractivity contribution in [1.82, 2.24) is 0 Å². The third-order valence-electron chi connectivity index (χ3n) is 3.91. The number of aliphatic hydroxyl groups excluding tert-OH is 3. The van der Waals surface area contributed by atoms with Gasteiger partial charge in [-0.15, -0.1) is 0 Å². The Hall–Kier alpha value is -1.78. The van der Waals surface area contributed by atoms with Gasteiger partial charge in [-0.25, -0.2) is 0 Å². The normalized spacial score (nSPS) is 37.0. The molecule has 1 aromatic rings. The number of nitro benzene ring substituents is 1. The zero-order valence-corrected chi connectivity index (χ0v) is 11.4. The van der Waals surface area contributed by atoms with Crippen LogP contribution in [0, 0.1) is 10.1 Å². The first-order valence-corrected chi connectivity index (χ1v) is 6.64. The SMILES string of the molecule is O=[N+]([O-])c1ccc(O[C@H]2O[C@@]3(CO)CO[C@@H]2[C@@H](O)[C@@H]3O)cc1. The number of benzene rings is 1. The summed E-state index contributed by atoms with van der Waals surface area (Å²) in [5, 5.41) is 40.0. The van der Waals surface area contributed by atoms with Gasteiger partial charge in [0.2, 0.25) is 6.29 Å². The number of hydrogen-bond acceptors (Lipinski definition) is 8. The minimum absolute atomic E-state index is 0.0630. The maximum atomic E-state index is 10.6. The van der Waals surface area contributed by atoms with Gasteiger partial charge in [0.1, 0.15) is 29.7 Å². The van der Waals surface area contributed by atoms with Crippen molar-refractivity contribution < 1.29 is 34.5 Å². The number of rotatable bonds is 4. The zero-order chi connectivity index (χ0) is 15.9. The monoisotopic (exact) mass is 313 g/mol. The molecule has 0 aliphatic carbocycles. The molecule has 3 heterocycles. The molecule has 0 radical (unpaired) electrons. The quantitative estimate of drug-likeness (QED) is 0.485. The molecule has 0 aromatic heterocycles. The van der Waals surface area contributed by atoms with Crippen LogP contribution < -0.4 is 4.74 Å². The van der Waals surface area contributed by atoms with E-state index in [1.807, 2.05) is 0 Å². The van der Waals surface area contributed by atoms with E-state index in [0.29, 0.717) is 0 Å². The molecule has 3 fully saturated rings. The Morgan fingerprint density at radius 2 is 2.05 bits per heavy atom. The van der Waals surface area contributed by atoms with Crippen molar-refractivity contribution in [1.29, 1.82) is 0 Å². The van der Waals surface area contributed by atoms with E-state index in [1.54, 1.807) is 0 Å². The molecule has 1 aromatic carbocycles. The molecule has 9 nitrogen and oxygen atoms in total. The molecule has 5 atom stereocenters. The van der Waals surface area contributed by atoms with Crippen molar-refractivity contribution in [2.45, 2.75) is 30.2 Å². The highest BCUT2D eigenvalue weighted by molar-refractivity contribution is 5.36. The van der Waals surface area contributed by atoms with Crippen LogP contribution in [-0.2, 0) is 9.47 Å². The molecule has 0 amide bonds. The zero-order valence-electron chi connectivity index (χ0n) is 11.4. The fourth-order valence-electron chi connectivity index (χ4n) is 2.60. The Balaban J connectivity index is 1.77. The van der Waals surface area contributed by atoms with Crippen LogP contribution in [0.5, 0.6) is 5.75 Å². The Morgan fingerprint density at radius 1 is 1.36 bits per heavy atom. The second-order valence-corrected chi connectivity index (χ2v) is 5.29. The Kier molecular flexibility index (Phi) is 3.75. The third kappa shape index (κ3) is 2.32. The fourth-order valence-corrected chi connectivity index (χ4v) is 2.60. The highest BCUT2D eigenvalue weighted by Gasteiger charge is 2.60. The average Bonchev–Trinajstić information content (AvgIpc) is 2.52. The van der Waals surface area contributed by atoms with Crippen molar-refractivity contribution in [2.75, 3.05) is 13.2 Å². The molecule has 4 rings (SSSR count). The second-order valence-electron chi connectivity index (χ2n) is 5.29. The summed E-state index contributed by atoms with van der Waals surface area (Å²) in [4.78, 5) is 10.1. The Morgan fingerprint density at radius 3 is 2.64 bits per heavy atom. The number of non-ortho nitro benzene ring substituents is 1. The number of nitrogens with zero attached hydrogens (tertiary/aromatic N) is 1. The molecule has 0 spiro atoms. The van der Waals surface area contributed by atoms with E-state index in [9.17, 15) is 25.4 Å². The minimum Gasteiger partial charge on any atom is -0.462 e. The lowest BCUT2D eigenvalue weighted by atomic mass is 9.85. The van der Waals surface area contributed by atoms with Gasteiger partial charge >= 0.3 is 0 Å². The largest absolute Gasteiger partial charge is 0.462 e. The van der Waals surface area contributed by atoms with Crippen LogP contribution in [0.15, 0.2) is 24.3 Å². The first-order valence-electron chi connectivity index (χ1n) is 6.64. The summed E-state index contributed by atoms with van der Waals surface area (Å²) >= 11 is 0. The Bertz CT molecular complexity index is 564. The first-order chi connectivity index (χ1) is 10.5. The summed E-state index contributed by atoms with van der Waals surface area (Å²) in [6, 6.07) is 5.31. The van der Waals surface area contributed by atoms with E-state index in [1.165, 1.54) is 24.3 Å². The van der Waals surface area contributed by atoms with Gasteiger partial charge in [-0.3, -0.25) is 10.1 Å². The molecule has 2 bridgehead atoms. The highest BCUT2D eigenvalue weighted by Crippen LogP contribution is 2.38. The predicted molar refractivity (Wildman–Crippen MR) is 70.2 cm³/mol. The molecule has 3 aliphatic heterocycles. The van der Waals surface area contributed by atoms with E-state index in [0.717, 1.165) is 0 Å². The number of fused-ring (bicyclic) bond motifs is 3. The maximum Gasteiger partial charge on any atom is 0.269 e. The summed E-state index contributed by atoms with van der Waals surface area (Å²) in [5.74, 6) is 0.279. The highest BCUT2D eigenvalue weighted by atomic mass is 16.7. The van der Waals surface area contributed by atoms with Crippen LogP contribution in [0.3, 0.4) is 0 Å². The third-order valence-corrected chi connectivity index (χ3v) is 3.91. The first kappa shape index (κ1) is 15.1. The number of nitro groups is 1. The molecule has 22 heavy (non-hydrogen) atoms. The van der Waals surface area contributed by atoms with Crippen LogP contribution in [0.4, 0.5) is 5.69 Å². The molecule has 0 saturated carbocycles. The Labute approximate surface area is 124 Å². The summed E-state index contributed by atoms with van der Waals surface area (Å²) < 4.78 is 16.4. The maximum absolute atomic E-state index is 10.6. The minimum atomic E-state index is -1.44. The van der Waals surface area contributed by atoms with E-state index < -0.39 is 41.7 Å².